The van der Waals surface area contributed by atoms with Crippen molar-refractivity contribution in [1.82, 2.24) is 9.38 Å². The van der Waals surface area contributed by atoms with Gasteiger partial charge in [0.25, 0.3) is 0 Å². The third-order valence-corrected chi connectivity index (χ3v) is 5.18. The molecule has 3 heterocycles. The van der Waals surface area contributed by atoms with Crippen LogP contribution in [0.5, 0.6) is 0 Å². The van der Waals surface area contributed by atoms with Crippen LogP contribution in [0.4, 0.5) is 5.82 Å². The molecule has 4 rings (SSSR count). The smallest absolute Gasteiger partial charge is 0.139 e. The van der Waals surface area contributed by atoms with Gasteiger partial charge in [-0.3, -0.25) is 4.40 Å². The Morgan fingerprint density at radius 3 is 2.72 bits per heavy atom. The quantitative estimate of drug-likeness (QED) is 0.472. The molecule has 25 heavy (non-hydrogen) atoms. The second-order valence-electron chi connectivity index (χ2n) is 6.24. The van der Waals surface area contributed by atoms with Crippen LogP contribution in [0.15, 0.2) is 66.2 Å². The summed E-state index contributed by atoms with van der Waals surface area (Å²) in [6.45, 7) is 3.04. The Labute approximate surface area is 152 Å². The number of benzene rings is 1. The third-order valence-electron chi connectivity index (χ3n) is 4.30. The van der Waals surface area contributed by atoms with Crippen molar-refractivity contribution in [3.8, 4) is 10.6 Å². The largest absolute Gasteiger partial charge is 0.369 e. The van der Waals surface area contributed by atoms with E-state index in [2.05, 4.69) is 82.8 Å². The molecule has 0 amide bonds. The van der Waals surface area contributed by atoms with Crippen molar-refractivity contribution >= 4 is 22.8 Å². The van der Waals surface area contributed by atoms with Crippen molar-refractivity contribution in [3.63, 3.8) is 0 Å². The third kappa shape index (κ3) is 3.44. The number of thiophene rings is 1. The highest BCUT2D eigenvalue weighted by atomic mass is 32.1. The van der Waals surface area contributed by atoms with Crippen LogP contribution in [-0.4, -0.2) is 15.9 Å². The minimum atomic E-state index is 0.926. The molecule has 3 nitrogen and oxygen atoms in total. The Morgan fingerprint density at radius 2 is 1.92 bits per heavy atom. The van der Waals surface area contributed by atoms with Crippen LogP contribution < -0.4 is 5.32 Å². The number of fused-ring (bicyclic) bond motifs is 1. The van der Waals surface area contributed by atoms with Crippen molar-refractivity contribution in [1.29, 1.82) is 0 Å². The first-order valence-corrected chi connectivity index (χ1v) is 9.49. The molecule has 0 saturated heterocycles. The second-order valence-corrected chi connectivity index (χ2v) is 7.18. The van der Waals surface area contributed by atoms with Crippen molar-refractivity contribution < 1.29 is 0 Å². The van der Waals surface area contributed by atoms with Crippen LogP contribution >= 0.6 is 11.3 Å². The summed E-state index contributed by atoms with van der Waals surface area (Å²) < 4.78 is 2.17. The number of aromatic nitrogens is 2. The number of anilines is 1. The lowest BCUT2D eigenvalue weighted by molar-refractivity contribution is 0.857. The van der Waals surface area contributed by atoms with Crippen molar-refractivity contribution in [2.24, 2.45) is 0 Å². The molecule has 0 fully saturated rings. The fraction of sp³-hybridized carbons (Fsp3) is 0.190. The zero-order valence-corrected chi connectivity index (χ0v) is 15.1. The van der Waals surface area contributed by atoms with Gasteiger partial charge in [-0.2, -0.15) is 0 Å². The van der Waals surface area contributed by atoms with Crippen molar-refractivity contribution in [2.45, 2.75) is 19.8 Å². The molecule has 4 aromatic rings. The summed E-state index contributed by atoms with van der Waals surface area (Å²) in [5.74, 6) is 1.09. The van der Waals surface area contributed by atoms with Crippen LogP contribution in [-0.2, 0) is 6.42 Å². The van der Waals surface area contributed by atoms with E-state index in [1.54, 1.807) is 11.3 Å². The van der Waals surface area contributed by atoms with Crippen LogP contribution in [0.2, 0.25) is 0 Å². The lowest BCUT2D eigenvalue weighted by atomic mass is 10.1. The number of aryl methyl sites for hydroxylation is 2. The van der Waals surface area contributed by atoms with E-state index >= 15 is 0 Å². The van der Waals surface area contributed by atoms with E-state index in [9.17, 15) is 0 Å². The number of pyridine rings is 1. The topological polar surface area (TPSA) is 29.3 Å². The van der Waals surface area contributed by atoms with Crippen molar-refractivity contribution in [3.05, 3.63) is 77.3 Å². The van der Waals surface area contributed by atoms with Gasteiger partial charge in [0.05, 0.1) is 4.88 Å². The average Bonchev–Trinajstić information content (AvgIpc) is 3.27. The van der Waals surface area contributed by atoms with E-state index in [0.29, 0.717) is 0 Å². The zero-order valence-electron chi connectivity index (χ0n) is 14.3. The Morgan fingerprint density at radius 1 is 1.04 bits per heavy atom. The summed E-state index contributed by atoms with van der Waals surface area (Å²) in [4.78, 5) is 6.04. The van der Waals surface area contributed by atoms with Crippen LogP contribution in [0.25, 0.3) is 16.2 Å². The zero-order chi connectivity index (χ0) is 17.1. The van der Waals surface area contributed by atoms with Gasteiger partial charge in [-0.15, -0.1) is 11.3 Å². The summed E-state index contributed by atoms with van der Waals surface area (Å²) in [7, 11) is 0. The molecule has 0 aliphatic carbocycles. The second kappa shape index (κ2) is 7.11. The molecular formula is C21H21N3S. The summed E-state index contributed by atoms with van der Waals surface area (Å²) in [6.07, 6.45) is 4.32. The Hall–Kier alpha value is -2.59. The fourth-order valence-electron chi connectivity index (χ4n) is 3.05. The molecule has 0 spiro atoms. The highest BCUT2D eigenvalue weighted by Gasteiger charge is 2.14. The van der Waals surface area contributed by atoms with E-state index in [1.807, 2.05) is 0 Å². The lowest BCUT2D eigenvalue weighted by Crippen LogP contribution is -2.06. The van der Waals surface area contributed by atoms with E-state index in [1.165, 1.54) is 16.0 Å². The molecule has 3 aromatic heterocycles. The number of hydrogen-bond acceptors (Lipinski definition) is 3. The van der Waals surface area contributed by atoms with E-state index in [4.69, 9.17) is 4.98 Å². The molecule has 0 saturated carbocycles. The summed E-state index contributed by atoms with van der Waals surface area (Å²) >= 11 is 1.73. The molecule has 0 unspecified atom stereocenters. The van der Waals surface area contributed by atoms with Gasteiger partial charge in [0, 0.05) is 12.7 Å². The first-order chi connectivity index (χ1) is 12.3. The van der Waals surface area contributed by atoms with Gasteiger partial charge in [-0.05, 0) is 48.4 Å². The molecular weight excluding hydrogens is 326 g/mol. The normalized spacial score (nSPS) is 11.1. The maximum Gasteiger partial charge on any atom is 0.139 e. The molecule has 126 valence electrons. The van der Waals surface area contributed by atoms with Crippen LogP contribution in [0.3, 0.4) is 0 Å². The van der Waals surface area contributed by atoms with Crippen molar-refractivity contribution in [2.75, 3.05) is 11.9 Å². The molecule has 4 heteroatoms. The summed E-state index contributed by atoms with van der Waals surface area (Å²) in [6, 6.07) is 19.1. The van der Waals surface area contributed by atoms with E-state index in [-0.39, 0.29) is 0 Å². The van der Waals surface area contributed by atoms with Crippen LogP contribution in [0.1, 0.15) is 17.5 Å². The van der Waals surface area contributed by atoms with E-state index in [0.717, 1.165) is 36.5 Å². The predicted molar refractivity (Wildman–Crippen MR) is 106 cm³/mol. The minimum absolute atomic E-state index is 0.926. The monoisotopic (exact) mass is 347 g/mol. The molecule has 0 radical (unpaired) electrons. The number of nitrogens with one attached hydrogen (secondary N) is 1. The van der Waals surface area contributed by atoms with Gasteiger partial charge >= 0.3 is 0 Å². The van der Waals surface area contributed by atoms with E-state index < -0.39 is 0 Å². The molecule has 0 aliphatic rings. The highest BCUT2D eigenvalue weighted by molar-refractivity contribution is 7.13. The molecule has 0 bridgehead atoms. The Kier molecular flexibility index (Phi) is 4.53. The number of nitrogens with zero attached hydrogens (tertiary/aromatic N) is 2. The highest BCUT2D eigenvalue weighted by Crippen LogP contribution is 2.32. The molecule has 0 atom stereocenters. The molecule has 1 N–H and O–H groups in total. The first-order valence-electron chi connectivity index (χ1n) is 8.61. The average molecular weight is 347 g/mol. The SMILES string of the molecule is Cc1ccc2nc(-c3cccs3)c(NCCCc3ccccc3)n2c1. The maximum atomic E-state index is 4.84. The van der Waals surface area contributed by atoms with Gasteiger partial charge in [-0.1, -0.05) is 42.5 Å². The van der Waals surface area contributed by atoms with Crippen LogP contribution in [0, 0.1) is 6.92 Å². The number of hydrogen-bond donors (Lipinski definition) is 1. The van der Waals surface area contributed by atoms with Gasteiger partial charge < -0.3 is 5.32 Å². The fourth-order valence-corrected chi connectivity index (χ4v) is 3.76. The molecule has 0 aliphatic heterocycles. The predicted octanol–water partition coefficient (Wildman–Crippen LogP) is 5.42. The Balaban J connectivity index is 1.56. The number of rotatable bonds is 6. The summed E-state index contributed by atoms with van der Waals surface area (Å²) in [5.41, 5.74) is 4.65. The maximum absolute atomic E-state index is 4.84. The number of imidazole rings is 1. The minimum Gasteiger partial charge on any atom is -0.369 e. The molecule has 1 aromatic carbocycles. The van der Waals surface area contributed by atoms with Gasteiger partial charge in [-0.25, -0.2) is 4.98 Å². The van der Waals surface area contributed by atoms with Gasteiger partial charge in [0.2, 0.25) is 0 Å². The van der Waals surface area contributed by atoms with Gasteiger partial charge in [0.1, 0.15) is 17.2 Å². The lowest BCUT2D eigenvalue weighted by Gasteiger charge is -2.09. The Bertz CT molecular complexity index is 956. The standard InChI is InChI=1S/C21H21N3S/c1-16-11-12-19-23-20(18-10-6-14-25-18)21(24(19)15-16)22-13-5-9-17-7-3-2-4-8-17/h2-4,6-8,10-12,14-15,22H,5,9,13H2,1H3. The first kappa shape index (κ1) is 15.9. The van der Waals surface area contributed by atoms with Gasteiger partial charge in [0.15, 0.2) is 0 Å². The summed E-state index contributed by atoms with van der Waals surface area (Å²) in [5, 5.41) is 5.73.